The fraction of sp³-hybridized carbons (Fsp3) is 0.300. The maximum absolute atomic E-state index is 12.4. The molecule has 102 valence electrons. The van der Waals surface area contributed by atoms with Crippen molar-refractivity contribution in [2.75, 3.05) is 5.73 Å². The first-order valence-corrected chi connectivity index (χ1v) is 5.96. The molecule has 2 N–H and O–H groups in total. The lowest BCUT2D eigenvalue weighted by Crippen LogP contribution is -2.19. The van der Waals surface area contributed by atoms with Crippen molar-refractivity contribution in [2.45, 2.75) is 19.6 Å². The van der Waals surface area contributed by atoms with Crippen molar-refractivity contribution in [3.05, 3.63) is 22.2 Å². The highest BCUT2D eigenvalue weighted by Crippen LogP contribution is 2.30. The topological polar surface area (TPSA) is 69.6 Å². The highest BCUT2D eigenvalue weighted by Gasteiger charge is 2.30. The molecule has 1 aromatic heterocycles. The molecule has 0 fully saturated rings. The fourth-order valence-electron chi connectivity index (χ4n) is 1.61. The molecule has 0 bridgehead atoms. The third-order valence-corrected chi connectivity index (χ3v) is 2.97. The summed E-state index contributed by atoms with van der Waals surface area (Å²) in [6.45, 7) is 0.449. The third kappa shape index (κ3) is 3.03. The van der Waals surface area contributed by atoms with Gasteiger partial charge in [0.2, 0.25) is 0 Å². The Kier molecular flexibility index (Phi) is 3.48. The normalized spacial score (nSPS) is 11.8. The van der Waals surface area contributed by atoms with Crippen LogP contribution in [0.3, 0.4) is 0 Å². The molecule has 0 radical (unpaired) electrons. The summed E-state index contributed by atoms with van der Waals surface area (Å²) >= 11 is 3.24. The molecule has 0 spiro atoms. The lowest BCUT2D eigenvalue weighted by molar-refractivity contribution is -0.142. The minimum Gasteiger partial charge on any atom is -0.398 e. The van der Waals surface area contributed by atoms with E-state index in [1.807, 2.05) is 0 Å². The number of tetrazole rings is 1. The van der Waals surface area contributed by atoms with E-state index in [0.717, 1.165) is 0 Å². The average Bonchev–Trinajstić information content (AvgIpc) is 2.68. The number of nitrogens with zero attached hydrogens (tertiary/aromatic N) is 4. The van der Waals surface area contributed by atoms with Crippen LogP contribution in [-0.2, 0) is 6.54 Å². The Morgan fingerprint density at radius 1 is 1.37 bits per heavy atom. The largest absolute Gasteiger partial charge is 0.408 e. The van der Waals surface area contributed by atoms with Crippen LogP contribution >= 0.6 is 15.9 Å². The van der Waals surface area contributed by atoms with Crippen molar-refractivity contribution in [2.24, 2.45) is 0 Å². The molecule has 0 unspecified atom stereocenters. The summed E-state index contributed by atoms with van der Waals surface area (Å²) in [5, 5.41) is 10.3. The minimum atomic E-state index is -4.39. The van der Waals surface area contributed by atoms with Gasteiger partial charge in [-0.25, -0.2) is 4.68 Å². The molecule has 0 aliphatic carbocycles. The predicted octanol–water partition coefficient (Wildman–Crippen LogP) is 2.56. The van der Waals surface area contributed by atoms with Crippen molar-refractivity contribution in [3.8, 4) is 11.4 Å². The number of aromatic nitrogens is 4. The first-order chi connectivity index (χ1) is 8.78. The van der Waals surface area contributed by atoms with Crippen LogP contribution in [0.1, 0.15) is 5.56 Å². The van der Waals surface area contributed by atoms with Gasteiger partial charge in [-0.05, 0) is 35.0 Å². The van der Waals surface area contributed by atoms with Crippen LogP contribution in [0.2, 0.25) is 0 Å². The van der Waals surface area contributed by atoms with Crippen molar-refractivity contribution >= 4 is 21.6 Å². The second-order valence-electron chi connectivity index (χ2n) is 3.94. The number of halogens is 4. The van der Waals surface area contributed by atoms with E-state index in [1.54, 1.807) is 19.1 Å². The molecule has 19 heavy (non-hydrogen) atoms. The van der Waals surface area contributed by atoms with E-state index in [0.29, 0.717) is 26.0 Å². The van der Waals surface area contributed by atoms with E-state index in [1.165, 1.54) is 0 Å². The number of rotatable bonds is 2. The molecule has 0 amide bonds. The summed E-state index contributed by atoms with van der Waals surface area (Å²) in [4.78, 5) is 0. The molecule has 0 aliphatic rings. The van der Waals surface area contributed by atoms with Crippen molar-refractivity contribution < 1.29 is 13.2 Å². The Morgan fingerprint density at radius 2 is 2.05 bits per heavy atom. The van der Waals surface area contributed by atoms with E-state index in [4.69, 9.17) is 5.73 Å². The van der Waals surface area contributed by atoms with Crippen LogP contribution in [0.15, 0.2) is 16.6 Å². The van der Waals surface area contributed by atoms with Gasteiger partial charge in [0.15, 0.2) is 5.82 Å². The lowest BCUT2D eigenvalue weighted by atomic mass is 10.1. The first-order valence-electron chi connectivity index (χ1n) is 5.17. The van der Waals surface area contributed by atoms with Crippen LogP contribution < -0.4 is 5.73 Å². The smallest absolute Gasteiger partial charge is 0.398 e. The summed E-state index contributed by atoms with van der Waals surface area (Å²) in [5.74, 6) is 0.0304. The standard InChI is InChI=1S/C10H9BrF3N5/c1-5-7(2-6(11)3-8(5)15)9-16-17-18-19(9)4-10(12,13)14/h2-3H,4,15H2,1H3. The number of alkyl halides is 3. The molecular formula is C10H9BrF3N5. The third-order valence-electron chi connectivity index (χ3n) is 2.51. The maximum atomic E-state index is 12.4. The molecule has 1 heterocycles. The van der Waals surface area contributed by atoms with Gasteiger partial charge in [0.1, 0.15) is 6.54 Å². The van der Waals surface area contributed by atoms with E-state index < -0.39 is 12.7 Å². The van der Waals surface area contributed by atoms with Crippen LogP contribution in [0.5, 0.6) is 0 Å². The van der Waals surface area contributed by atoms with Crippen molar-refractivity contribution in [1.82, 2.24) is 20.2 Å². The lowest BCUT2D eigenvalue weighted by Gasteiger charge is -2.11. The van der Waals surface area contributed by atoms with Gasteiger partial charge in [-0.3, -0.25) is 0 Å². The Bertz CT molecular complexity index is 608. The Balaban J connectivity index is 2.52. The highest BCUT2D eigenvalue weighted by molar-refractivity contribution is 9.10. The second-order valence-corrected chi connectivity index (χ2v) is 4.86. The van der Waals surface area contributed by atoms with Gasteiger partial charge in [-0.1, -0.05) is 15.9 Å². The highest BCUT2D eigenvalue weighted by atomic mass is 79.9. The second kappa shape index (κ2) is 4.80. The summed E-state index contributed by atoms with van der Waals surface area (Å²) in [7, 11) is 0. The fourth-order valence-corrected chi connectivity index (χ4v) is 2.08. The zero-order valence-electron chi connectivity index (χ0n) is 9.74. The molecular weight excluding hydrogens is 327 g/mol. The molecule has 0 atom stereocenters. The van der Waals surface area contributed by atoms with Gasteiger partial charge in [0.25, 0.3) is 0 Å². The van der Waals surface area contributed by atoms with Gasteiger partial charge in [-0.15, -0.1) is 5.10 Å². The van der Waals surface area contributed by atoms with Crippen LogP contribution in [0.4, 0.5) is 18.9 Å². The zero-order chi connectivity index (χ0) is 14.2. The van der Waals surface area contributed by atoms with Crippen LogP contribution in [0, 0.1) is 6.92 Å². The van der Waals surface area contributed by atoms with Gasteiger partial charge in [-0.2, -0.15) is 13.2 Å². The number of nitrogens with two attached hydrogens (primary N) is 1. The summed E-state index contributed by atoms with van der Waals surface area (Å²) in [6, 6.07) is 3.29. The summed E-state index contributed by atoms with van der Waals surface area (Å²) < 4.78 is 38.6. The van der Waals surface area contributed by atoms with Crippen LogP contribution in [0.25, 0.3) is 11.4 Å². The number of nitrogen functional groups attached to an aromatic ring is 1. The molecule has 2 aromatic rings. The van der Waals surface area contributed by atoms with Gasteiger partial charge < -0.3 is 5.73 Å². The van der Waals surface area contributed by atoms with E-state index in [9.17, 15) is 13.2 Å². The summed E-state index contributed by atoms with van der Waals surface area (Å²) in [6.07, 6.45) is -4.39. The predicted molar refractivity (Wildman–Crippen MR) is 66.2 cm³/mol. The molecule has 0 saturated heterocycles. The van der Waals surface area contributed by atoms with E-state index in [-0.39, 0.29) is 5.82 Å². The summed E-state index contributed by atoms with van der Waals surface area (Å²) in [5.41, 5.74) is 7.31. The van der Waals surface area contributed by atoms with Crippen molar-refractivity contribution in [3.63, 3.8) is 0 Å². The number of hydrogen-bond acceptors (Lipinski definition) is 4. The monoisotopic (exact) mass is 335 g/mol. The van der Waals surface area contributed by atoms with Gasteiger partial charge in [0, 0.05) is 15.7 Å². The van der Waals surface area contributed by atoms with E-state index >= 15 is 0 Å². The Morgan fingerprint density at radius 3 is 2.68 bits per heavy atom. The SMILES string of the molecule is Cc1c(N)cc(Br)cc1-c1nnnn1CC(F)(F)F. The van der Waals surface area contributed by atoms with Crippen LogP contribution in [-0.4, -0.2) is 26.4 Å². The van der Waals surface area contributed by atoms with E-state index in [2.05, 4.69) is 31.5 Å². The molecule has 2 rings (SSSR count). The maximum Gasteiger partial charge on any atom is 0.408 e. The minimum absolute atomic E-state index is 0.0304. The average molecular weight is 336 g/mol. The number of anilines is 1. The van der Waals surface area contributed by atoms with Crippen molar-refractivity contribution in [1.29, 1.82) is 0 Å². The number of benzene rings is 1. The number of hydrogen-bond donors (Lipinski definition) is 1. The molecule has 9 heteroatoms. The molecule has 0 aliphatic heterocycles. The first kappa shape index (κ1) is 13.8. The molecule has 0 saturated carbocycles. The quantitative estimate of drug-likeness (QED) is 0.856. The van der Waals surface area contributed by atoms with Gasteiger partial charge >= 0.3 is 6.18 Å². The Hall–Kier alpha value is -1.64. The molecule has 1 aromatic carbocycles. The Labute approximate surface area is 114 Å². The van der Waals surface area contributed by atoms with Gasteiger partial charge in [0.05, 0.1) is 0 Å². The molecule has 5 nitrogen and oxygen atoms in total. The zero-order valence-corrected chi connectivity index (χ0v) is 11.3.